The zero-order chi connectivity index (χ0) is 10.9. The van der Waals surface area contributed by atoms with Crippen LogP contribution in [-0.2, 0) is 11.3 Å². The van der Waals surface area contributed by atoms with Gasteiger partial charge >= 0.3 is 0 Å². The van der Waals surface area contributed by atoms with Gasteiger partial charge in [0.25, 0.3) is 0 Å². The zero-order valence-electron chi connectivity index (χ0n) is 9.12. The van der Waals surface area contributed by atoms with Crippen molar-refractivity contribution in [2.24, 2.45) is 0 Å². The van der Waals surface area contributed by atoms with Crippen molar-refractivity contribution in [1.82, 2.24) is 4.90 Å². The summed E-state index contributed by atoms with van der Waals surface area (Å²) in [6.07, 6.45) is 0. The molecule has 0 aliphatic carbocycles. The quantitative estimate of drug-likeness (QED) is 0.830. The average molecular weight is 290 g/mol. The topological polar surface area (TPSA) is 12.5 Å². The van der Waals surface area contributed by atoms with E-state index in [9.17, 15) is 0 Å². The second-order valence-corrected chi connectivity index (χ2v) is 7.07. The number of morpholine rings is 1. The Morgan fingerprint density at radius 1 is 1.53 bits per heavy atom. The number of rotatable bonds is 2. The van der Waals surface area contributed by atoms with Crippen LogP contribution in [0.3, 0.4) is 0 Å². The molecule has 0 atom stereocenters. The Hall–Kier alpha value is 0.1000. The number of halogens is 1. The van der Waals surface area contributed by atoms with E-state index in [0.29, 0.717) is 0 Å². The van der Waals surface area contributed by atoms with Crippen molar-refractivity contribution in [2.45, 2.75) is 26.0 Å². The third-order valence-corrected chi connectivity index (χ3v) is 4.12. The predicted molar refractivity (Wildman–Crippen MR) is 67.3 cm³/mol. The van der Waals surface area contributed by atoms with Gasteiger partial charge in [0.1, 0.15) is 0 Å². The third-order valence-electron chi connectivity index (χ3n) is 2.51. The molecule has 0 radical (unpaired) electrons. The number of nitrogens with zero attached hydrogens (tertiary/aromatic N) is 1. The first-order chi connectivity index (χ1) is 7.05. The summed E-state index contributed by atoms with van der Waals surface area (Å²) in [5, 5.41) is 0. The maximum absolute atomic E-state index is 5.69. The minimum Gasteiger partial charge on any atom is -0.373 e. The molecule has 1 aromatic heterocycles. The second-order valence-electron chi connectivity index (χ2n) is 4.52. The lowest BCUT2D eigenvalue weighted by Crippen LogP contribution is -2.47. The van der Waals surface area contributed by atoms with E-state index in [-0.39, 0.29) is 5.60 Å². The molecule has 0 aromatic carbocycles. The van der Waals surface area contributed by atoms with Gasteiger partial charge in [-0.1, -0.05) is 0 Å². The first kappa shape index (κ1) is 11.6. The van der Waals surface area contributed by atoms with Gasteiger partial charge in [0.2, 0.25) is 0 Å². The molecule has 0 bridgehead atoms. The molecular formula is C11H16BrNOS. The largest absolute Gasteiger partial charge is 0.373 e. The Morgan fingerprint density at radius 3 is 2.93 bits per heavy atom. The molecule has 15 heavy (non-hydrogen) atoms. The van der Waals surface area contributed by atoms with E-state index in [4.69, 9.17) is 4.74 Å². The van der Waals surface area contributed by atoms with E-state index in [1.165, 1.54) is 8.66 Å². The highest BCUT2D eigenvalue weighted by molar-refractivity contribution is 9.11. The van der Waals surface area contributed by atoms with Gasteiger partial charge in [0, 0.05) is 24.5 Å². The molecule has 1 fully saturated rings. The van der Waals surface area contributed by atoms with Crippen LogP contribution < -0.4 is 0 Å². The maximum Gasteiger partial charge on any atom is 0.0753 e. The summed E-state index contributed by atoms with van der Waals surface area (Å²) < 4.78 is 6.90. The molecule has 1 saturated heterocycles. The van der Waals surface area contributed by atoms with Crippen LogP contribution in [0.15, 0.2) is 15.9 Å². The molecule has 2 rings (SSSR count). The molecule has 0 amide bonds. The average Bonchev–Trinajstić information content (AvgIpc) is 2.49. The lowest BCUT2D eigenvalue weighted by molar-refractivity contribution is -0.0880. The van der Waals surface area contributed by atoms with Gasteiger partial charge in [0.05, 0.1) is 16.0 Å². The van der Waals surface area contributed by atoms with Gasteiger partial charge in [-0.05, 0) is 41.9 Å². The van der Waals surface area contributed by atoms with Crippen molar-refractivity contribution < 1.29 is 4.74 Å². The van der Waals surface area contributed by atoms with E-state index in [2.05, 4.69) is 46.8 Å². The number of hydrogen-bond donors (Lipinski definition) is 0. The standard InChI is InChI=1S/C11H16BrNOS/c1-11(2)8-13(5-6-14-11)7-9-3-4-10(12)15-9/h3-4H,5-8H2,1-2H3. The molecule has 4 heteroatoms. The predicted octanol–water partition coefficient (Wildman–Crippen LogP) is 3.12. The summed E-state index contributed by atoms with van der Waals surface area (Å²) in [5.74, 6) is 0. The first-order valence-electron chi connectivity index (χ1n) is 5.16. The summed E-state index contributed by atoms with van der Waals surface area (Å²) in [4.78, 5) is 3.88. The Kier molecular flexibility index (Phi) is 3.50. The minimum absolute atomic E-state index is 0.00669. The van der Waals surface area contributed by atoms with Gasteiger partial charge < -0.3 is 4.74 Å². The summed E-state index contributed by atoms with van der Waals surface area (Å²) in [6.45, 7) is 8.26. The second kappa shape index (κ2) is 4.53. The van der Waals surface area contributed by atoms with Crippen LogP contribution >= 0.6 is 27.3 Å². The van der Waals surface area contributed by atoms with Crippen LogP contribution in [-0.4, -0.2) is 30.2 Å². The first-order valence-corrected chi connectivity index (χ1v) is 6.77. The van der Waals surface area contributed by atoms with Crippen molar-refractivity contribution in [3.05, 3.63) is 20.8 Å². The van der Waals surface area contributed by atoms with Crippen LogP contribution in [0.1, 0.15) is 18.7 Å². The van der Waals surface area contributed by atoms with Crippen LogP contribution in [0, 0.1) is 0 Å². The highest BCUT2D eigenvalue weighted by Gasteiger charge is 2.27. The molecular weight excluding hydrogens is 274 g/mol. The Bertz CT molecular complexity index is 337. The molecule has 0 spiro atoms. The van der Waals surface area contributed by atoms with E-state index in [1.54, 1.807) is 0 Å². The summed E-state index contributed by atoms with van der Waals surface area (Å²) in [6, 6.07) is 4.31. The molecule has 1 aliphatic rings. The number of hydrogen-bond acceptors (Lipinski definition) is 3. The van der Waals surface area contributed by atoms with Crippen molar-refractivity contribution in [3.63, 3.8) is 0 Å². The summed E-state index contributed by atoms with van der Waals surface area (Å²) in [7, 11) is 0. The van der Waals surface area contributed by atoms with Gasteiger partial charge in [-0.3, -0.25) is 4.90 Å². The molecule has 84 valence electrons. The molecule has 1 aromatic rings. The molecule has 2 heterocycles. The van der Waals surface area contributed by atoms with Gasteiger partial charge in [-0.2, -0.15) is 0 Å². The Morgan fingerprint density at radius 2 is 2.33 bits per heavy atom. The van der Waals surface area contributed by atoms with Crippen molar-refractivity contribution in [1.29, 1.82) is 0 Å². The monoisotopic (exact) mass is 289 g/mol. The fourth-order valence-electron chi connectivity index (χ4n) is 1.91. The van der Waals surface area contributed by atoms with Crippen LogP contribution in [0.5, 0.6) is 0 Å². The lowest BCUT2D eigenvalue weighted by atomic mass is 10.1. The third kappa shape index (κ3) is 3.28. The van der Waals surface area contributed by atoms with E-state index < -0.39 is 0 Å². The fourth-order valence-corrected chi connectivity index (χ4v) is 3.43. The van der Waals surface area contributed by atoms with Crippen LogP contribution in [0.25, 0.3) is 0 Å². The van der Waals surface area contributed by atoms with Crippen molar-refractivity contribution in [3.8, 4) is 0 Å². The van der Waals surface area contributed by atoms with Crippen molar-refractivity contribution >= 4 is 27.3 Å². The van der Waals surface area contributed by atoms with Gasteiger partial charge in [-0.25, -0.2) is 0 Å². The Balaban J connectivity index is 1.95. The summed E-state index contributed by atoms with van der Waals surface area (Å²) >= 11 is 5.31. The van der Waals surface area contributed by atoms with Crippen LogP contribution in [0.4, 0.5) is 0 Å². The molecule has 0 unspecified atom stereocenters. The van der Waals surface area contributed by atoms with E-state index >= 15 is 0 Å². The molecule has 1 aliphatic heterocycles. The SMILES string of the molecule is CC1(C)CN(Cc2ccc(Br)s2)CCO1. The highest BCUT2D eigenvalue weighted by atomic mass is 79.9. The van der Waals surface area contributed by atoms with Crippen LogP contribution in [0.2, 0.25) is 0 Å². The zero-order valence-corrected chi connectivity index (χ0v) is 11.5. The fraction of sp³-hybridized carbons (Fsp3) is 0.636. The summed E-state index contributed by atoms with van der Waals surface area (Å²) in [5.41, 5.74) is 0.00669. The van der Waals surface area contributed by atoms with Gasteiger partial charge in [0.15, 0.2) is 0 Å². The van der Waals surface area contributed by atoms with E-state index in [1.807, 2.05) is 11.3 Å². The Labute approximate surface area is 103 Å². The highest BCUT2D eigenvalue weighted by Crippen LogP contribution is 2.25. The molecule has 0 N–H and O–H groups in total. The maximum atomic E-state index is 5.69. The number of ether oxygens (including phenoxy) is 1. The normalized spacial score (nSPS) is 21.8. The molecule has 0 saturated carbocycles. The lowest BCUT2D eigenvalue weighted by Gasteiger charge is -2.37. The minimum atomic E-state index is 0.00669. The molecule has 2 nitrogen and oxygen atoms in total. The smallest absolute Gasteiger partial charge is 0.0753 e. The van der Waals surface area contributed by atoms with Crippen molar-refractivity contribution in [2.75, 3.05) is 19.7 Å². The van der Waals surface area contributed by atoms with E-state index in [0.717, 1.165) is 26.2 Å². The van der Waals surface area contributed by atoms with Gasteiger partial charge in [-0.15, -0.1) is 11.3 Å². The number of thiophene rings is 1.